The molecular weight excluding hydrogens is 140 g/mol. The summed E-state index contributed by atoms with van der Waals surface area (Å²) in [6, 6.07) is 0. The fraction of sp³-hybridized carbons (Fsp3) is 0.444. The molecule has 0 radical (unpaired) electrons. The third-order valence-electron chi connectivity index (χ3n) is 1.85. The summed E-state index contributed by atoms with van der Waals surface area (Å²) in [7, 11) is 0.391. The van der Waals surface area contributed by atoms with Crippen molar-refractivity contribution in [2.45, 2.75) is 20.8 Å². The highest BCUT2D eigenvalue weighted by Crippen LogP contribution is 2.24. The SMILES string of the molecule is CC1=CS(C)=C(C)C(C)=C1. The van der Waals surface area contributed by atoms with Gasteiger partial charge in [0.15, 0.2) is 0 Å². The molecule has 0 aromatic heterocycles. The fourth-order valence-electron chi connectivity index (χ4n) is 1.10. The van der Waals surface area contributed by atoms with Gasteiger partial charge in [-0.25, -0.2) is 0 Å². The van der Waals surface area contributed by atoms with E-state index in [1.165, 1.54) is 16.0 Å². The van der Waals surface area contributed by atoms with Gasteiger partial charge in [0.25, 0.3) is 0 Å². The molecule has 0 fully saturated rings. The lowest BCUT2D eigenvalue weighted by Crippen LogP contribution is -1.96. The highest BCUT2D eigenvalue weighted by molar-refractivity contribution is 8.18. The first-order valence-electron chi connectivity index (χ1n) is 3.46. The lowest BCUT2D eigenvalue weighted by Gasteiger charge is -2.11. The van der Waals surface area contributed by atoms with Gasteiger partial charge < -0.3 is 0 Å². The van der Waals surface area contributed by atoms with Gasteiger partial charge in [0.05, 0.1) is 0 Å². The lowest BCUT2D eigenvalue weighted by molar-refractivity contribution is 1.47. The molecule has 56 valence electrons. The fourth-order valence-corrected chi connectivity index (χ4v) is 2.47. The minimum atomic E-state index is 0.391. The maximum Gasteiger partial charge on any atom is -0.0193 e. The molecule has 1 aliphatic rings. The normalized spacial score (nSPS) is 26.0. The summed E-state index contributed by atoms with van der Waals surface area (Å²) < 4.78 is 0. The Morgan fingerprint density at radius 2 is 1.80 bits per heavy atom. The van der Waals surface area contributed by atoms with E-state index in [9.17, 15) is 0 Å². The molecule has 0 nitrogen and oxygen atoms in total. The van der Waals surface area contributed by atoms with Gasteiger partial charge in [0, 0.05) is 0 Å². The summed E-state index contributed by atoms with van der Waals surface area (Å²) in [5.74, 6) is 0. The second-order valence-corrected chi connectivity index (χ2v) is 4.77. The number of hydrogen-bond acceptors (Lipinski definition) is 0. The van der Waals surface area contributed by atoms with Crippen molar-refractivity contribution in [3.63, 3.8) is 0 Å². The molecule has 1 atom stereocenters. The summed E-state index contributed by atoms with van der Waals surface area (Å²) >= 11 is 0. The Bertz CT molecular complexity index is 239. The molecule has 0 amide bonds. The Labute approximate surface area is 65.6 Å². The van der Waals surface area contributed by atoms with Crippen LogP contribution in [0.1, 0.15) is 20.8 Å². The molecule has 1 aliphatic heterocycles. The molecule has 0 spiro atoms. The molecule has 0 aliphatic carbocycles. The van der Waals surface area contributed by atoms with Crippen LogP contribution in [0.5, 0.6) is 0 Å². The van der Waals surface area contributed by atoms with Gasteiger partial charge in [0.1, 0.15) is 0 Å². The Morgan fingerprint density at radius 1 is 1.20 bits per heavy atom. The molecule has 10 heavy (non-hydrogen) atoms. The summed E-state index contributed by atoms with van der Waals surface area (Å²) in [5, 5.41) is 2.34. The maximum absolute atomic E-state index is 2.34. The summed E-state index contributed by atoms with van der Waals surface area (Å²) in [4.78, 5) is 1.53. The molecule has 0 saturated carbocycles. The van der Waals surface area contributed by atoms with Gasteiger partial charge in [-0.1, -0.05) is 6.08 Å². The van der Waals surface area contributed by atoms with E-state index >= 15 is 0 Å². The molecule has 0 aromatic carbocycles. The van der Waals surface area contributed by atoms with E-state index in [0.717, 1.165) is 0 Å². The highest BCUT2D eigenvalue weighted by atomic mass is 32.2. The van der Waals surface area contributed by atoms with Gasteiger partial charge in [-0.15, -0.1) is 0 Å². The van der Waals surface area contributed by atoms with Crippen molar-refractivity contribution in [2.24, 2.45) is 0 Å². The summed E-state index contributed by atoms with van der Waals surface area (Å²) in [6.07, 6.45) is 4.53. The first kappa shape index (κ1) is 7.80. The molecule has 0 N–H and O–H groups in total. The van der Waals surface area contributed by atoms with Crippen LogP contribution in [-0.2, 0) is 0 Å². The van der Waals surface area contributed by atoms with E-state index in [2.05, 4.69) is 38.5 Å². The second-order valence-electron chi connectivity index (χ2n) is 2.80. The molecule has 1 heterocycles. The molecule has 1 rings (SSSR count). The van der Waals surface area contributed by atoms with Crippen molar-refractivity contribution in [3.05, 3.63) is 22.6 Å². The third-order valence-corrected chi connectivity index (χ3v) is 3.86. The van der Waals surface area contributed by atoms with Gasteiger partial charge in [0.2, 0.25) is 0 Å². The Hall–Kier alpha value is -0.300. The van der Waals surface area contributed by atoms with Crippen LogP contribution in [0.2, 0.25) is 0 Å². The van der Waals surface area contributed by atoms with Crippen molar-refractivity contribution in [1.29, 1.82) is 0 Å². The van der Waals surface area contributed by atoms with Crippen LogP contribution < -0.4 is 0 Å². The van der Waals surface area contributed by atoms with Crippen LogP contribution in [0.4, 0.5) is 0 Å². The number of rotatable bonds is 0. The van der Waals surface area contributed by atoms with Gasteiger partial charge in [-0.05, 0) is 48.4 Å². The minimum absolute atomic E-state index is 0.391. The van der Waals surface area contributed by atoms with Crippen LogP contribution in [-0.4, -0.2) is 11.1 Å². The molecule has 1 heteroatoms. The van der Waals surface area contributed by atoms with Crippen molar-refractivity contribution in [3.8, 4) is 0 Å². The van der Waals surface area contributed by atoms with Crippen molar-refractivity contribution >= 4 is 15.3 Å². The van der Waals surface area contributed by atoms with E-state index in [1.807, 2.05) is 0 Å². The first-order chi connectivity index (χ1) is 4.61. The first-order valence-corrected chi connectivity index (χ1v) is 5.16. The van der Waals surface area contributed by atoms with Crippen LogP contribution >= 0.6 is 10.5 Å². The van der Waals surface area contributed by atoms with Crippen LogP contribution in [0.25, 0.3) is 0 Å². The predicted octanol–water partition coefficient (Wildman–Crippen LogP) is 2.94. The monoisotopic (exact) mass is 154 g/mol. The largest absolute Gasteiger partial charge is 0.162 e. The van der Waals surface area contributed by atoms with E-state index in [0.29, 0.717) is 10.5 Å². The number of allylic oxidation sites excluding steroid dienone is 3. The zero-order valence-corrected chi connectivity index (χ0v) is 7.88. The molecule has 0 aromatic rings. The second kappa shape index (κ2) is 2.75. The van der Waals surface area contributed by atoms with Crippen LogP contribution in [0, 0.1) is 0 Å². The van der Waals surface area contributed by atoms with E-state index in [4.69, 9.17) is 0 Å². The van der Waals surface area contributed by atoms with Gasteiger partial charge >= 0.3 is 0 Å². The average Bonchev–Trinajstić information content (AvgIpc) is 1.82. The minimum Gasteiger partial charge on any atom is -0.162 e. The van der Waals surface area contributed by atoms with Gasteiger partial charge in [-0.3, -0.25) is 0 Å². The maximum atomic E-state index is 2.34. The van der Waals surface area contributed by atoms with Crippen LogP contribution in [0.15, 0.2) is 22.6 Å². The van der Waals surface area contributed by atoms with E-state index in [-0.39, 0.29) is 0 Å². The molecule has 0 saturated heterocycles. The molecule has 0 bridgehead atoms. The quantitative estimate of drug-likeness (QED) is 0.471. The van der Waals surface area contributed by atoms with Crippen molar-refractivity contribution in [2.75, 3.05) is 6.26 Å². The average molecular weight is 154 g/mol. The number of hydrogen-bond donors (Lipinski definition) is 0. The molecular formula is C9H14S. The predicted molar refractivity (Wildman–Crippen MR) is 51.7 cm³/mol. The van der Waals surface area contributed by atoms with Crippen LogP contribution in [0.3, 0.4) is 0 Å². The Morgan fingerprint density at radius 3 is 2.30 bits per heavy atom. The summed E-state index contributed by atoms with van der Waals surface area (Å²) in [6.45, 7) is 6.58. The van der Waals surface area contributed by atoms with Gasteiger partial charge in [-0.2, -0.15) is 10.5 Å². The zero-order valence-electron chi connectivity index (χ0n) is 7.06. The topological polar surface area (TPSA) is 0 Å². The summed E-state index contributed by atoms with van der Waals surface area (Å²) in [5.41, 5.74) is 2.86. The van der Waals surface area contributed by atoms with Crippen molar-refractivity contribution < 1.29 is 0 Å². The molecule has 1 unspecified atom stereocenters. The smallest absolute Gasteiger partial charge is 0.0193 e. The Kier molecular flexibility index (Phi) is 2.14. The van der Waals surface area contributed by atoms with E-state index in [1.54, 1.807) is 0 Å². The zero-order chi connectivity index (χ0) is 7.72. The lowest BCUT2D eigenvalue weighted by atomic mass is 10.1. The Balaban J connectivity index is 3.13. The van der Waals surface area contributed by atoms with E-state index < -0.39 is 0 Å². The highest BCUT2D eigenvalue weighted by Gasteiger charge is 2.01. The standard InChI is InChI=1S/C9H14S/c1-7-5-8(2)9(3)10(4)6-7/h5-6H,1-4H3. The van der Waals surface area contributed by atoms with Crippen molar-refractivity contribution in [1.82, 2.24) is 0 Å². The third kappa shape index (κ3) is 1.40.